The van der Waals surface area contributed by atoms with Gasteiger partial charge < -0.3 is 15.2 Å². The van der Waals surface area contributed by atoms with Crippen LogP contribution in [0.2, 0.25) is 0 Å². The number of nitro groups is 1. The number of nitro benzene ring substituents is 1. The molecule has 1 heterocycles. The Bertz CT molecular complexity index is 483. The van der Waals surface area contributed by atoms with E-state index in [1.165, 1.54) is 6.07 Å². The Kier molecular flexibility index (Phi) is 4.53. The van der Waals surface area contributed by atoms with Crippen LogP contribution in [0.4, 0.5) is 11.4 Å². The number of nitrogen functional groups attached to an aromatic ring is 1. The van der Waals surface area contributed by atoms with Crippen molar-refractivity contribution in [2.24, 2.45) is 0 Å². The highest BCUT2D eigenvalue weighted by Gasteiger charge is 2.32. The van der Waals surface area contributed by atoms with Crippen molar-refractivity contribution in [2.75, 3.05) is 33.0 Å². The summed E-state index contributed by atoms with van der Waals surface area (Å²) in [6, 6.07) is 4.83. The molecule has 0 bridgehead atoms. The maximum absolute atomic E-state index is 10.7. The van der Waals surface area contributed by atoms with Gasteiger partial charge in [0.15, 0.2) is 0 Å². The minimum absolute atomic E-state index is 0.0513. The van der Waals surface area contributed by atoms with Gasteiger partial charge in [0, 0.05) is 39.9 Å². The number of rotatable bonds is 5. The predicted molar refractivity (Wildman–Crippen MR) is 74.4 cm³/mol. The van der Waals surface area contributed by atoms with Gasteiger partial charge in [-0.05, 0) is 11.6 Å². The standard InChI is InChI=1S/C13H19N3O4/c1-19-12-7-15(8-13(12)20-2)6-9-3-4-11(16(17)18)10(14)5-9/h3-5,12-13H,6-8,14H2,1-2H3. The van der Waals surface area contributed by atoms with E-state index in [1.807, 2.05) is 0 Å². The zero-order valence-corrected chi connectivity index (χ0v) is 11.6. The van der Waals surface area contributed by atoms with Gasteiger partial charge in [0.2, 0.25) is 0 Å². The Labute approximate surface area is 117 Å². The van der Waals surface area contributed by atoms with Gasteiger partial charge in [0.05, 0.1) is 17.1 Å². The number of likely N-dealkylation sites (tertiary alicyclic amines) is 1. The quantitative estimate of drug-likeness (QED) is 0.492. The molecule has 2 unspecified atom stereocenters. The highest BCUT2D eigenvalue weighted by Crippen LogP contribution is 2.24. The lowest BCUT2D eigenvalue weighted by Gasteiger charge is -2.15. The zero-order valence-electron chi connectivity index (χ0n) is 11.6. The molecule has 1 aromatic carbocycles. The molecule has 0 spiro atoms. The fourth-order valence-corrected chi connectivity index (χ4v) is 2.53. The first kappa shape index (κ1) is 14.7. The van der Waals surface area contributed by atoms with Gasteiger partial charge in [-0.25, -0.2) is 0 Å². The number of ether oxygens (including phenoxy) is 2. The summed E-state index contributed by atoms with van der Waals surface area (Å²) >= 11 is 0. The second-order valence-corrected chi connectivity index (χ2v) is 4.89. The molecule has 1 aromatic rings. The highest BCUT2D eigenvalue weighted by atomic mass is 16.6. The van der Waals surface area contributed by atoms with E-state index in [9.17, 15) is 10.1 Å². The second-order valence-electron chi connectivity index (χ2n) is 4.89. The molecule has 1 aliphatic heterocycles. The molecular weight excluding hydrogens is 262 g/mol. The minimum atomic E-state index is -0.475. The van der Waals surface area contributed by atoms with E-state index >= 15 is 0 Å². The van der Waals surface area contributed by atoms with Crippen molar-refractivity contribution in [1.29, 1.82) is 0 Å². The molecule has 0 aliphatic carbocycles. The van der Waals surface area contributed by atoms with E-state index in [0.717, 1.165) is 18.7 Å². The third-order valence-corrected chi connectivity index (χ3v) is 3.59. The number of benzene rings is 1. The molecule has 1 aliphatic rings. The van der Waals surface area contributed by atoms with Crippen molar-refractivity contribution in [1.82, 2.24) is 4.90 Å². The van der Waals surface area contributed by atoms with Crippen molar-refractivity contribution < 1.29 is 14.4 Å². The molecule has 7 nitrogen and oxygen atoms in total. The van der Waals surface area contributed by atoms with Gasteiger partial charge >= 0.3 is 0 Å². The van der Waals surface area contributed by atoms with Crippen molar-refractivity contribution >= 4 is 11.4 Å². The molecule has 7 heteroatoms. The normalized spacial score (nSPS) is 23.1. The minimum Gasteiger partial charge on any atom is -0.393 e. The van der Waals surface area contributed by atoms with Gasteiger partial charge in [-0.3, -0.25) is 15.0 Å². The molecule has 20 heavy (non-hydrogen) atoms. The molecule has 2 N–H and O–H groups in total. The largest absolute Gasteiger partial charge is 0.393 e. The summed E-state index contributed by atoms with van der Waals surface area (Å²) < 4.78 is 10.8. The van der Waals surface area contributed by atoms with Gasteiger partial charge in [-0.2, -0.15) is 0 Å². The van der Waals surface area contributed by atoms with Crippen molar-refractivity contribution in [3.63, 3.8) is 0 Å². The molecule has 2 rings (SSSR count). The van der Waals surface area contributed by atoms with Gasteiger partial charge in [-0.1, -0.05) is 6.07 Å². The average Bonchev–Trinajstić information content (AvgIpc) is 2.80. The van der Waals surface area contributed by atoms with E-state index in [2.05, 4.69) is 4.90 Å². The summed E-state index contributed by atoms with van der Waals surface area (Å²) in [5.41, 5.74) is 6.78. The first-order valence-electron chi connectivity index (χ1n) is 6.36. The molecular formula is C13H19N3O4. The predicted octanol–water partition coefficient (Wildman–Crippen LogP) is 1.02. The van der Waals surface area contributed by atoms with Crippen LogP contribution in [0.25, 0.3) is 0 Å². The van der Waals surface area contributed by atoms with Gasteiger partial charge in [0.25, 0.3) is 5.69 Å². The van der Waals surface area contributed by atoms with Crippen LogP contribution in [-0.2, 0) is 16.0 Å². The summed E-state index contributed by atoms with van der Waals surface area (Å²) in [5, 5.41) is 10.7. The summed E-state index contributed by atoms with van der Waals surface area (Å²) in [5.74, 6) is 0. The zero-order chi connectivity index (χ0) is 14.7. The Hall–Kier alpha value is -1.70. The highest BCUT2D eigenvalue weighted by molar-refractivity contribution is 5.59. The lowest BCUT2D eigenvalue weighted by molar-refractivity contribution is -0.383. The number of hydrogen-bond acceptors (Lipinski definition) is 6. The first-order chi connectivity index (χ1) is 9.55. The third-order valence-electron chi connectivity index (χ3n) is 3.59. The summed E-state index contributed by atoms with van der Waals surface area (Å²) in [7, 11) is 3.34. The maximum atomic E-state index is 10.7. The van der Waals surface area contributed by atoms with Crippen LogP contribution in [0.15, 0.2) is 18.2 Å². The number of hydrogen-bond donors (Lipinski definition) is 1. The third kappa shape index (κ3) is 3.06. The Morgan fingerprint density at radius 2 is 1.95 bits per heavy atom. The summed E-state index contributed by atoms with van der Waals surface area (Å²) in [6.45, 7) is 2.21. The van der Waals surface area contributed by atoms with E-state index in [0.29, 0.717) is 6.54 Å². The first-order valence-corrected chi connectivity index (χ1v) is 6.36. The second kappa shape index (κ2) is 6.17. The van der Waals surface area contributed by atoms with Crippen LogP contribution in [-0.4, -0.2) is 49.3 Å². The van der Waals surface area contributed by atoms with Crippen LogP contribution in [0.5, 0.6) is 0 Å². The fourth-order valence-electron chi connectivity index (χ4n) is 2.53. The number of nitrogens with two attached hydrogens (primary N) is 1. The van der Waals surface area contributed by atoms with E-state index in [1.54, 1.807) is 26.4 Å². The van der Waals surface area contributed by atoms with E-state index in [-0.39, 0.29) is 23.6 Å². The Morgan fingerprint density at radius 1 is 1.35 bits per heavy atom. The van der Waals surface area contributed by atoms with E-state index < -0.39 is 4.92 Å². The molecule has 110 valence electrons. The molecule has 0 radical (unpaired) electrons. The lowest BCUT2D eigenvalue weighted by atomic mass is 10.1. The van der Waals surface area contributed by atoms with E-state index in [4.69, 9.17) is 15.2 Å². The summed E-state index contributed by atoms with van der Waals surface area (Å²) in [6.07, 6.45) is 0.103. The number of anilines is 1. The van der Waals surface area contributed by atoms with Crippen LogP contribution in [0, 0.1) is 10.1 Å². The molecule has 0 saturated carbocycles. The van der Waals surface area contributed by atoms with Crippen molar-refractivity contribution in [3.05, 3.63) is 33.9 Å². The average molecular weight is 281 g/mol. The molecule has 0 amide bonds. The molecule has 0 aromatic heterocycles. The van der Waals surface area contributed by atoms with Crippen LogP contribution in [0.3, 0.4) is 0 Å². The molecule has 2 atom stereocenters. The van der Waals surface area contributed by atoms with Crippen molar-refractivity contribution in [3.8, 4) is 0 Å². The molecule has 1 saturated heterocycles. The topological polar surface area (TPSA) is 90.9 Å². The van der Waals surface area contributed by atoms with Crippen LogP contribution >= 0.6 is 0 Å². The number of nitrogens with zero attached hydrogens (tertiary/aromatic N) is 2. The monoisotopic (exact) mass is 281 g/mol. The summed E-state index contributed by atoms with van der Waals surface area (Å²) in [4.78, 5) is 12.4. The number of methoxy groups -OCH3 is 2. The van der Waals surface area contributed by atoms with Gasteiger partial charge in [0.1, 0.15) is 5.69 Å². The maximum Gasteiger partial charge on any atom is 0.292 e. The fraction of sp³-hybridized carbons (Fsp3) is 0.538. The van der Waals surface area contributed by atoms with Crippen LogP contribution in [0.1, 0.15) is 5.56 Å². The Morgan fingerprint density at radius 3 is 2.40 bits per heavy atom. The van der Waals surface area contributed by atoms with Crippen LogP contribution < -0.4 is 5.73 Å². The Balaban J connectivity index is 2.04. The lowest BCUT2D eigenvalue weighted by Crippen LogP contribution is -2.27. The van der Waals surface area contributed by atoms with Crippen molar-refractivity contribution in [2.45, 2.75) is 18.8 Å². The SMILES string of the molecule is COC1CN(Cc2ccc([N+](=O)[O-])c(N)c2)CC1OC. The van der Waals surface area contributed by atoms with Gasteiger partial charge in [-0.15, -0.1) is 0 Å². The smallest absolute Gasteiger partial charge is 0.292 e. The molecule has 1 fully saturated rings.